The Hall–Kier alpha value is -0.0400. The summed E-state index contributed by atoms with van der Waals surface area (Å²) in [5.41, 5.74) is 0.222. The van der Waals surface area contributed by atoms with Gasteiger partial charge in [0.25, 0.3) is 0 Å². The summed E-state index contributed by atoms with van der Waals surface area (Å²) >= 11 is 0. The fraction of sp³-hybridized carbons (Fsp3) is 1.00. The zero-order valence-corrected chi connectivity index (χ0v) is 8.99. The highest BCUT2D eigenvalue weighted by Crippen LogP contribution is 2.25. The van der Waals surface area contributed by atoms with Crippen molar-refractivity contribution >= 4 is 0 Å². The van der Waals surface area contributed by atoms with Gasteiger partial charge in [0.05, 0.1) is 11.7 Å². The van der Waals surface area contributed by atoms with Gasteiger partial charge in [0.1, 0.15) is 0 Å². The summed E-state index contributed by atoms with van der Waals surface area (Å²) < 4.78 is 5.80. The van der Waals surface area contributed by atoms with E-state index in [2.05, 4.69) is 48.5 Å². The molecule has 0 N–H and O–H groups in total. The second-order valence-electron chi connectivity index (χ2n) is 5.24. The van der Waals surface area contributed by atoms with Gasteiger partial charge < -0.3 is 4.74 Å². The molecule has 0 aromatic heterocycles. The number of ether oxygens (including phenoxy) is 1. The molecule has 0 unspecified atom stereocenters. The highest BCUT2D eigenvalue weighted by atomic mass is 16.5. The van der Waals surface area contributed by atoms with Crippen molar-refractivity contribution in [3.63, 3.8) is 0 Å². The molecule has 0 radical (unpaired) electrons. The van der Waals surface area contributed by atoms with E-state index in [0.29, 0.717) is 6.10 Å². The summed E-state index contributed by atoms with van der Waals surface area (Å²) in [5.74, 6) is 0. The minimum absolute atomic E-state index is 0.0211. The van der Waals surface area contributed by atoms with Crippen LogP contribution in [0.15, 0.2) is 0 Å². The number of hydrogen-bond acceptors (Lipinski definition) is 1. The highest BCUT2D eigenvalue weighted by molar-refractivity contribution is 4.73. The molecule has 0 fully saturated rings. The maximum Gasteiger partial charge on any atom is 0.0602 e. The fourth-order valence-electron chi connectivity index (χ4n) is 0.707. The van der Waals surface area contributed by atoms with Crippen molar-refractivity contribution in [3.05, 3.63) is 0 Å². The minimum atomic E-state index is -0.0211. The van der Waals surface area contributed by atoms with E-state index in [1.165, 1.54) is 0 Å². The van der Waals surface area contributed by atoms with Crippen molar-refractivity contribution < 1.29 is 4.74 Å². The lowest BCUT2D eigenvalue weighted by Crippen LogP contribution is -2.34. The van der Waals surface area contributed by atoms with E-state index in [9.17, 15) is 0 Å². The zero-order valence-electron chi connectivity index (χ0n) is 8.99. The molecule has 0 amide bonds. The maximum absolute atomic E-state index is 5.80. The fourth-order valence-corrected chi connectivity index (χ4v) is 0.707. The molecule has 0 spiro atoms. The van der Waals surface area contributed by atoms with E-state index in [0.717, 1.165) is 0 Å². The van der Waals surface area contributed by atoms with Gasteiger partial charge >= 0.3 is 0 Å². The Labute approximate surface area is 71.1 Å². The maximum atomic E-state index is 5.80. The van der Waals surface area contributed by atoms with Crippen LogP contribution in [0.1, 0.15) is 48.5 Å². The Morgan fingerprint density at radius 1 is 0.909 bits per heavy atom. The van der Waals surface area contributed by atoms with Gasteiger partial charge in [-0.2, -0.15) is 0 Å². The first-order valence-electron chi connectivity index (χ1n) is 4.31. The minimum Gasteiger partial charge on any atom is -0.372 e. The average Bonchev–Trinajstić information content (AvgIpc) is 1.56. The van der Waals surface area contributed by atoms with E-state index in [1.807, 2.05) is 0 Å². The molecular formula is C10H22O. The van der Waals surface area contributed by atoms with Gasteiger partial charge in [0.2, 0.25) is 0 Å². The Morgan fingerprint density at radius 3 is 1.36 bits per heavy atom. The Bertz CT molecular complexity index is 114. The summed E-state index contributed by atoms with van der Waals surface area (Å²) in [4.78, 5) is 0. The lowest BCUT2D eigenvalue weighted by atomic mass is 9.90. The third-order valence-electron chi connectivity index (χ3n) is 1.75. The molecule has 0 bridgehead atoms. The molecule has 1 nitrogen and oxygen atoms in total. The van der Waals surface area contributed by atoms with Crippen molar-refractivity contribution in [2.75, 3.05) is 0 Å². The Balaban J connectivity index is 3.99. The van der Waals surface area contributed by atoms with Crippen LogP contribution in [-0.2, 0) is 4.74 Å². The quantitative estimate of drug-likeness (QED) is 0.569. The normalized spacial score (nSPS) is 16.6. The molecule has 68 valence electrons. The molecule has 1 heteroatoms. The van der Waals surface area contributed by atoms with Crippen molar-refractivity contribution in [2.24, 2.45) is 5.41 Å². The molecule has 0 aliphatic carbocycles. The molecular weight excluding hydrogens is 136 g/mol. The van der Waals surface area contributed by atoms with Gasteiger partial charge in [0, 0.05) is 0 Å². The van der Waals surface area contributed by atoms with Crippen LogP contribution in [0.25, 0.3) is 0 Å². The van der Waals surface area contributed by atoms with Gasteiger partial charge in [-0.15, -0.1) is 0 Å². The van der Waals surface area contributed by atoms with E-state index >= 15 is 0 Å². The average molecular weight is 158 g/mol. The van der Waals surface area contributed by atoms with Crippen LogP contribution in [0.5, 0.6) is 0 Å². The summed E-state index contributed by atoms with van der Waals surface area (Å²) in [6, 6.07) is 0. The van der Waals surface area contributed by atoms with Crippen molar-refractivity contribution in [3.8, 4) is 0 Å². The van der Waals surface area contributed by atoms with E-state index in [1.54, 1.807) is 0 Å². The lowest BCUT2D eigenvalue weighted by molar-refractivity contribution is -0.0948. The standard InChI is InChI=1S/C10H22O/c1-8(9(2,3)4)11-10(5,6)7/h8H,1-7H3/t8-/m1/s1. The van der Waals surface area contributed by atoms with Crippen LogP contribution in [-0.4, -0.2) is 11.7 Å². The lowest BCUT2D eigenvalue weighted by Gasteiger charge is -2.33. The Morgan fingerprint density at radius 2 is 1.27 bits per heavy atom. The molecule has 1 atom stereocenters. The first-order valence-corrected chi connectivity index (χ1v) is 4.31. The smallest absolute Gasteiger partial charge is 0.0602 e. The molecule has 0 aliphatic heterocycles. The monoisotopic (exact) mass is 158 g/mol. The SMILES string of the molecule is C[C@@H](OC(C)(C)C)C(C)(C)C. The van der Waals surface area contributed by atoms with Gasteiger partial charge in [0.15, 0.2) is 0 Å². The molecule has 0 rings (SSSR count). The van der Waals surface area contributed by atoms with Crippen molar-refractivity contribution in [1.29, 1.82) is 0 Å². The van der Waals surface area contributed by atoms with Crippen molar-refractivity contribution in [2.45, 2.75) is 60.2 Å². The Kier molecular flexibility index (Phi) is 3.13. The van der Waals surface area contributed by atoms with Gasteiger partial charge in [-0.25, -0.2) is 0 Å². The first kappa shape index (κ1) is 11.0. The number of rotatable bonds is 1. The summed E-state index contributed by atoms with van der Waals surface area (Å²) in [6.07, 6.45) is 0.308. The largest absolute Gasteiger partial charge is 0.372 e. The molecule has 0 saturated carbocycles. The summed E-state index contributed by atoms with van der Waals surface area (Å²) in [6.45, 7) is 15.0. The second-order valence-corrected chi connectivity index (χ2v) is 5.24. The van der Waals surface area contributed by atoms with Gasteiger partial charge in [-0.05, 0) is 33.1 Å². The summed E-state index contributed by atoms with van der Waals surface area (Å²) in [7, 11) is 0. The predicted molar refractivity (Wildman–Crippen MR) is 49.8 cm³/mol. The van der Waals surface area contributed by atoms with Crippen LogP contribution in [0, 0.1) is 5.41 Å². The van der Waals surface area contributed by atoms with Gasteiger partial charge in [-0.1, -0.05) is 20.8 Å². The highest BCUT2D eigenvalue weighted by Gasteiger charge is 2.25. The van der Waals surface area contributed by atoms with E-state index < -0.39 is 0 Å². The van der Waals surface area contributed by atoms with E-state index in [-0.39, 0.29) is 11.0 Å². The number of hydrogen-bond donors (Lipinski definition) is 0. The topological polar surface area (TPSA) is 9.23 Å². The zero-order chi connectivity index (χ0) is 9.28. The van der Waals surface area contributed by atoms with Crippen LogP contribution in [0.2, 0.25) is 0 Å². The molecule has 0 saturated heterocycles. The van der Waals surface area contributed by atoms with E-state index in [4.69, 9.17) is 4.74 Å². The molecule has 0 heterocycles. The van der Waals surface area contributed by atoms with Crippen molar-refractivity contribution in [1.82, 2.24) is 0 Å². The first-order chi connectivity index (χ1) is 4.63. The summed E-state index contributed by atoms with van der Waals surface area (Å²) in [5, 5.41) is 0. The molecule has 0 aromatic carbocycles. The third kappa shape index (κ3) is 5.25. The molecule has 0 aliphatic rings. The van der Waals surface area contributed by atoms with Gasteiger partial charge in [-0.3, -0.25) is 0 Å². The van der Waals surface area contributed by atoms with Crippen LogP contribution < -0.4 is 0 Å². The predicted octanol–water partition coefficient (Wildman–Crippen LogP) is 3.24. The third-order valence-corrected chi connectivity index (χ3v) is 1.75. The van der Waals surface area contributed by atoms with Crippen LogP contribution >= 0.6 is 0 Å². The molecule has 0 aromatic rings. The van der Waals surface area contributed by atoms with Crippen LogP contribution in [0.4, 0.5) is 0 Å². The van der Waals surface area contributed by atoms with Crippen LogP contribution in [0.3, 0.4) is 0 Å². The molecule has 11 heavy (non-hydrogen) atoms. The second kappa shape index (κ2) is 3.14.